The maximum Gasteiger partial charge on any atom is 0.317 e. The number of carbonyl (C=O) groups excluding carboxylic acids is 1. The SMILES string of the molecule is CC/C=C/CNC(=O)NC1CC(N(CC)CC(=O)O)C1. The van der Waals surface area contributed by atoms with Crippen LogP contribution in [0.25, 0.3) is 0 Å². The molecule has 1 aliphatic carbocycles. The second kappa shape index (κ2) is 8.58. The molecule has 0 aromatic carbocycles. The van der Waals surface area contributed by atoms with Crippen molar-refractivity contribution >= 4 is 12.0 Å². The number of carboxylic acid groups (broad SMARTS) is 1. The molecule has 0 aromatic rings. The summed E-state index contributed by atoms with van der Waals surface area (Å²) in [7, 11) is 0. The molecule has 0 aromatic heterocycles. The number of likely N-dealkylation sites (N-methyl/N-ethyl adjacent to an activating group) is 1. The highest BCUT2D eigenvalue weighted by Crippen LogP contribution is 2.25. The quantitative estimate of drug-likeness (QED) is 0.584. The summed E-state index contributed by atoms with van der Waals surface area (Å²) >= 11 is 0. The zero-order chi connectivity index (χ0) is 15.0. The number of allylic oxidation sites excluding steroid dienone is 1. The van der Waals surface area contributed by atoms with Crippen LogP contribution in [-0.4, -0.2) is 53.7 Å². The normalized spacial score (nSPS) is 21.8. The van der Waals surface area contributed by atoms with Crippen LogP contribution < -0.4 is 10.6 Å². The summed E-state index contributed by atoms with van der Waals surface area (Å²) < 4.78 is 0. The van der Waals surface area contributed by atoms with Gasteiger partial charge in [0, 0.05) is 18.6 Å². The molecule has 0 spiro atoms. The number of hydrogen-bond donors (Lipinski definition) is 3. The van der Waals surface area contributed by atoms with Crippen LogP contribution in [0.2, 0.25) is 0 Å². The largest absolute Gasteiger partial charge is 0.480 e. The van der Waals surface area contributed by atoms with Crippen molar-refractivity contribution < 1.29 is 14.7 Å². The van der Waals surface area contributed by atoms with Crippen LogP contribution in [0.3, 0.4) is 0 Å². The fourth-order valence-corrected chi connectivity index (χ4v) is 2.31. The predicted octanol–water partition coefficient (Wildman–Crippen LogP) is 1.19. The average Bonchev–Trinajstić information content (AvgIpc) is 2.36. The highest BCUT2D eigenvalue weighted by molar-refractivity contribution is 5.74. The third kappa shape index (κ3) is 5.61. The number of carbonyl (C=O) groups is 2. The van der Waals surface area contributed by atoms with Crippen molar-refractivity contribution in [3.05, 3.63) is 12.2 Å². The number of rotatable bonds is 8. The first-order valence-corrected chi connectivity index (χ1v) is 7.22. The molecule has 1 saturated carbocycles. The summed E-state index contributed by atoms with van der Waals surface area (Å²) in [6.45, 7) is 5.33. The first-order valence-electron chi connectivity index (χ1n) is 7.22. The Labute approximate surface area is 120 Å². The van der Waals surface area contributed by atoms with Gasteiger partial charge in [0.25, 0.3) is 0 Å². The van der Waals surface area contributed by atoms with E-state index in [1.165, 1.54) is 0 Å². The summed E-state index contributed by atoms with van der Waals surface area (Å²) in [5, 5.41) is 14.5. The molecule has 1 rings (SSSR count). The van der Waals surface area contributed by atoms with Gasteiger partial charge < -0.3 is 15.7 Å². The number of nitrogens with zero attached hydrogens (tertiary/aromatic N) is 1. The van der Waals surface area contributed by atoms with E-state index in [1.807, 2.05) is 30.9 Å². The molecule has 0 saturated heterocycles. The van der Waals surface area contributed by atoms with E-state index in [0.29, 0.717) is 6.54 Å². The molecule has 3 N–H and O–H groups in total. The number of hydrogen-bond acceptors (Lipinski definition) is 3. The van der Waals surface area contributed by atoms with E-state index < -0.39 is 5.97 Å². The van der Waals surface area contributed by atoms with Gasteiger partial charge in [-0.25, -0.2) is 4.79 Å². The molecule has 0 unspecified atom stereocenters. The van der Waals surface area contributed by atoms with E-state index >= 15 is 0 Å². The molecule has 1 aliphatic rings. The number of nitrogens with one attached hydrogen (secondary N) is 2. The van der Waals surface area contributed by atoms with Gasteiger partial charge in [0.2, 0.25) is 0 Å². The molecule has 2 amide bonds. The Morgan fingerprint density at radius 1 is 1.30 bits per heavy atom. The summed E-state index contributed by atoms with van der Waals surface area (Å²) in [5.41, 5.74) is 0. The van der Waals surface area contributed by atoms with Gasteiger partial charge in [0.1, 0.15) is 0 Å². The van der Waals surface area contributed by atoms with Crippen LogP contribution in [0.4, 0.5) is 4.79 Å². The smallest absolute Gasteiger partial charge is 0.317 e. The van der Waals surface area contributed by atoms with Crippen LogP contribution in [0, 0.1) is 0 Å². The minimum atomic E-state index is -0.802. The van der Waals surface area contributed by atoms with E-state index in [0.717, 1.165) is 25.8 Å². The van der Waals surface area contributed by atoms with Crippen molar-refractivity contribution in [2.24, 2.45) is 0 Å². The summed E-state index contributed by atoms with van der Waals surface area (Å²) in [6.07, 6.45) is 6.53. The third-order valence-electron chi connectivity index (χ3n) is 3.49. The summed E-state index contributed by atoms with van der Waals surface area (Å²) in [5.74, 6) is -0.802. The van der Waals surface area contributed by atoms with Gasteiger partial charge in [-0.05, 0) is 25.8 Å². The minimum Gasteiger partial charge on any atom is -0.480 e. The molecule has 0 heterocycles. The lowest BCUT2D eigenvalue weighted by Gasteiger charge is -2.42. The van der Waals surface area contributed by atoms with Gasteiger partial charge in [-0.15, -0.1) is 0 Å². The molecule has 6 nitrogen and oxygen atoms in total. The van der Waals surface area contributed by atoms with E-state index in [4.69, 9.17) is 5.11 Å². The van der Waals surface area contributed by atoms with Crippen LogP contribution >= 0.6 is 0 Å². The minimum absolute atomic E-state index is 0.0713. The van der Waals surface area contributed by atoms with Crippen molar-refractivity contribution in [3.63, 3.8) is 0 Å². The standard InChI is InChI=1S/C14H25N3O3/c1-3-5-6-7-15-14(20)16-11-8-12(9-11)17(4-2)10-13(18)19/h5-6,11-12H,3-4,7-10H2,1-2H3,(H,18,19)(H2,15,16,20)/b6-5+. The zero-order valence-electron chi connectivity index (χ0n) is 12.3. The average molecular weight is 283 g/mol. The fraction of sp³-hybridized carbons (Fsp3) is 0.714. The van der Waals surface area contributed by atoms with E-state index in [9.17, 15) is 9.59 Å². The van der Waals surface area contributed by atoms with Crippen LogP contribution in [0.15, 0.2) is 12.2 Å². The molecular weight excluding hydrogens is 258 g/mol. The second-order valence-corrected chi connectivity index (χ2v) is 5.01. The molecule has 1 fully saturated rings. The van der Waals surface area contributed by atoms with Crippen LogP contribution in [0.5, 0.6) is 0 Å². The topological polar surface area (TPSA) is 81.7 Å². The summed E-state index contributed by atoms with van der Waals surface area (Å²) in [4.78, 5) is 24.2. The Morgan fingerprint density at radius 2 is 2.00 bits per heavy atom. The van der Waals surface area contributed by atoms with E-state index in [2.05, 4.69) is 10.6 Å². The third-order valence-corrected chi connectivity index (χ3v) is 3.49. The van der Waals surface area contributed by atoms with Gasteiger partial charge in [0.15, 0.2) is 0 Å². The number of aliphatic carboxylic acids is 1. The van der Waals surface area contributed by atoms with Gasteiger partial charge in [0.05, 0.1) is 6.54 Å². The predicted molar refractivity (Wildman–Crippen MR) is 77.7 cm³/mol. The van der Waals surface area contributed by atoms with Gasteiger partial charge in [-0.2, -0.15) is 0 Å². The summed E-state index contributed by atoms with van der Waals surface area (Å²) in [6, 6.07) is 0.259. The highest BCUT2D eigenvalue weighted by Gasteiger charge is 2.34. The highest BCUT2D eigenvalue weighted by atomic mass is 16.4. The van der Waals surface area contributed by atoms with Crippen molar-refractivity contribution in [2.75, 3.05) is 19.6 Å². The van der Waals surface area contributed by atoms with Crippen LogP contribution in [0.1, 0.15) is 33.1 Å². The zero-order valence-corrected chi connectivity index (χ0v) is 12.3. The monoisotopic (exact) mass is 283 g/mol. The number of carboxylic acids is 1. The van der Waals surface area contributed by atoms with Gasteiger partial charge in [-0.3, -0.25) is 9.69 Å². The van der Waals surface area contributed by atoms with Gasteiger partial charge in [-0.1, -0.05) is 26.0 Å². The molecular formula is C14H25N3O3. The first kappa shape index (κ1) is 16.5. The fourth-order valence-electron chi connectivity index (χ4n) is 2.31. The Morgan fingerprint density at radius 3 is 2.55 bits per heavy atom. The Bertz CT molecular complexity index is 352. The Kier molecular flexibility index (Phi) is 7.08. The van der Waals surface area contributed by atoms with Crippen molar-refractivity contribution in [2.45, 2.75) is 45.2 Å². The lowest BCUT2D eigenvalue weighted by molar-refractivity contribution is -0.139. The molecule has 0 aliphatic heterocycles. The first-order chi connectivity index (χ1) is 9.56. The van der Waals surface area contributed by atoms with Gasteiger partial charge >= 0.3 is 12.0 Å². The molecule has 0 radical (unpaired) electrons. The lowest BCUT2D eigenvalue weighted by atomic mass is 9.85. The molecule has 6 heteroatoms. The van der Waals surface area contributed by atoms with E-state index in [1.54, 1.807) is 0 Å². The Balaban J connectivity index is 2.19. The molecule has 0 atom stereocenters. The molecule has 0 bridgehead atoms. The molecule has 20 heavy (non-hydrogen) atoms. The maximum absolute atomic E-state index is 11.6. The van der Waals surface area contributed by atoms with Crippen molar-refractivity contribution in [3.8, 4) is 0 Å². The number of urea groups is 1. The van der Waals surface area contributed by atoms with Crippen molar-refractivity contribution in [1.82, 2.24) is 15.5 Å². The maximum atomic E-state index is 11.6. The van der Waals surface area contributed by atoms with Crippen LogP contribution in [-0.2, 0) is 4.79 Å². The van der Waals surface area contributed by atoms with Crippen molar-refractivity contribution in [1.29, 1.82) is 0 Å². The number of amides is 2. The molecule has 114 valence electrons. The Hall–Kier alpha value is -1.56. The second-order valence-electron chi connectivity index (χ2n) is 5.01. The van der Waals surface area contributed by atoms with E-state index in [-0.39, 0.29) is 24.7 Å². The lowest BCUT2D eigenvalue weighted by Crippen LogP contribution is -2.56.